The van der Waals surface area contributed by atoms with Gasteiger partial charge < -0.3 is 24.3 Å². The molecule has 0 spiro atoms. The number of nitrogens with zero attached hydrogens (tertiary/aromatic N) is 2. The molecule has 7 heteroatoms. The summed E-state index contributed by atoms with van der Waals surface area (Å²) in [7, 11) is 5.42. The van der Waals surface area contributed by atoms with Gasteiger partial charge in [0.2, 0.25) is 5.91 Å². The van der Waals surface area contributed by atoms with Gasteiger partial charge >= 0.3 is 0 Å². The van der Waals surface area contributed by atoms with E-state index >= 15 is 0 Å². The van der Waals surface area contributed by atoms with Gasteiger partial charge in [-0.25, -0.2) is 0 Å². The second-order valence-electron chi connectivity index (χ2n) is 8.94. The fourth-order valence-corrected chi connectivity index (χ4v) is 3.92. The standard InChI is InChI=1S/C30H37N3O4/c1-32(20-15-25-11-14-28(36-2)29(23-25)37-3)19-5-4-18-31-30(35)8-6-7-24-9-12-26(13-10-24)33-21-16-27(34)17-22-33/h6-7,9-14,16-17,21-23H,4-5,8,15,18-20H2,1-3H3,(H,31,35)/b7-6+. The summed E-state index contributed by atoms with van der Waals surface area (Å²) in [5, 5.41) is 3.00. The van der Waals surface area contributed by atoms with Gasteiger partial charge in [0.05, 0.1) is 14.2 Å². The van der Waals surface area contributed by atoms with Crippen LogP contribution in [0.15, 0.2) is 77.9 Å². The Bertz CT molecular complexity index is 1200. The van der Waals surface area contributed by atoms with E-state index in [1.165, 1.54) is 17.7 Å². The molecule has 0 aliphatic heterocycles. The first-order valence-electron chi connectivity index (χ1n) is 12.6. The molecule has 0 fully saturated rings. The zero-order chi connectivity index (χ0) is 26.5. The lowest BCUT2D eigenvalue weighted by molar-refractivity contribution is -0.120. The van der Waals surface area contributed by atoms with E-state index in [-0.39, 0.29) is 11.3 Å². The number of hydrogen-bond donors (Lipinski definition) is 1. The number of carbonyl (C=O) groups is 1. The number of ether oxygens (including phenoxy) is 2. The first kappa shape index (κ1) is 27.7. The van der Waals surface area contributed by atoms with Crippen LogP contribution in [0.4, 0.5) is 0 Å². The molecule has 0 atom stereocenters. The molecule has 0 aliphatic rings. The van der Waals surface area contributed by atoms with E-state index in [1.54, 1.807) is 26.6 Å². The lowest BCUT2D eigenvalue weighted by Gasteiger charge is -2.17. The first-order chi connectivity index (χ1) is 18.0. The Morgan fingerprint density at radius 3 is 2.38 bits per heavy atom. The van der Waals surface area contributed by atoms with Gasteiger partial charge in [0.1, 0.15) is 0 Å². The van der Waals surface area contributed by atoms with Crippen LogP contribution in [-0.2, 0) is 11.2 Å². The minimum atomic E-state index is -0.0103. The normalized spacial score (nSPS) is 11.1. The van der Waals surface area contributed by atoms with Crippen LogP contribution < -0.4 is 20.2 Å². The Morgan fingerprint density at radius 1 is 0.946 bits per heavy atom. The average Bonchev–Trinajstić information content (AvgIpc) is 2.92. The van der Waals surface area contributed by atoms with E-state index in [9.17, 15) is 9.59 Å². The lowest BCUT2D eigenvalue weighted by Crippen LogP contribution is -2.26. The summed E-state index contributed by atoms with van der Waals surface area (Å²) in [6, 6.07) is 17.1. The van der Waals surface area contributed by atoms with Crippen molar-refractivity contribution in [3.8, 4) is 17.2 Å². The highest BCUT2D eigenvalue weighted by atomic mass is 16.5. The number of aromatic nitrogens is 1. The fraction of sp³-hybridized carbons (Fsp3) is 0.333. The highest BCUT2D eigenvalue weighted by molar-refractivity contribution is 5.78. The predicted molar refractivity (Wildman–Crippen MR) is 149 cm³/mol. The van der Waals surface area contributed by atoms with Crippen molar-refractivity contribution < 1.29 is 14.3 Å². The van der Waals surface area contributed by atoms with Crippen molar-refractivity contribution >= 4 is 12.0 Å². The zero-order valence-electron chi connectivity index (χ0n) is 22.0. The van der Waals surface area contributed by atoms with Gasteiger partial charge in [-0.2, -0.15) is 0 Å². The zero-order valence-corrected chi connectivity index (χ0v) is 22.0. The molecule has 1 heterocycles. The molecule has 2 aromatic carbocycles. The number of amides is 1. The summed E-state index contributed by atoms with van der Waals surface area (Å²) >= 11 is 0. The number of unbranched alkanes of at least 4 members (excludes halogenated alkanes) is 1. The van der Waals surface area contributed by atoms with E-state index in [1.807, 2.05) is 53.1 Å². The van der Waals surface area contributed by atoms with Crippen LogP contribution in [0, 0.1) is 0 Å². The first-order valence-corrected chi connectivity index (χ1v) is 12.6. The van der Waals surface area contributed by atoms with Gasteiger partial charge in [0.15, 0.2) is 16.9 Å². The Labute approximate surface area is 219 Å². The molecule has 37 heavy (non-hydrogen) atoms. The molecular formula is C30H37N3O4. The number of rotatable bonds is 14. The summed E-state index contributed by atoms with van der Waals surface area (Å²) in [6.07, 6.45) is 10.6. The number of pyridine rings is 1. The Kier molecular flexibility index (Phi) is 11.0. The molecule has 196 valence electrons. The monoisotopic (exact) mass is 503 g/mol. The minimum absolute atomic E-state index is 0.0103. The average molecular weight is 504 g/mol. The van der Waals surface area contributed by atoms with Crippen molar-refractivity contribution in [3.63, 3.8) is 0 Å². The number of nitrogens with one attached hydrogen (secondary N) is 1. The second kappa shape index (κ2) is 14.7. The van der Waals surface area contributed by atoms with Gasteiger partial charge in [0, 0.05) is 49.7 Å². The van der Waals surface area contributed by atoms with Crippen LogP contribution in [-0.4, -0.2) is 56.3 Å². The van der Waals surface area contributed by atoms with Crippen LogP contribution in [0.1, 0.15) is 30.4 Å². The third-order valence-electron chi connectivity index (χ3n) is 6.12. The number of likely N-dealkylation sites (N-methyl/N-ethyl adjacent to an activating group) is 1. The maximum atomic E-state index is 12.1. The maximum Gasteiger partial charge on any atom is 0.223 e. The Hall–Kier alpha value is -3.84. The molecule has 1 aromatic heterocycles. The summed E-state index contributed by atoms with van der Waals surface area (Å²) in [6.45, 7) is 2.63. The van der Waals surface area contributed by atoms with Crippen LogP contribution in [0.2, 0.25) is 0 Å². The molecule has 0 unspecified atom stereocenters. The van der Waals surface area contributed by atoms with Gasteiger partial charge in [-0.05, 0) is 68.2 Å². The van der Waals surface area contributed by atoms with Crippen LogP contribution in [0.3, 0.4) is 0 Å². The summed E-state index contributed by atoms with van der Waals surface area (Å²) < 4.78 is 12.6. The van der Waals surface area contributed by atoms with Crippen molar-refractivity contribution in [2.24, 2.45) is 0 Å². The molecule has 0 radical (unpaired) electrons. The summed E-state index contributed by atoms with van der Waals surface area (Å²) in [5.41, 5.74) is 3.20. The molecule has 1 amide bonds. The topological polar surface area (TPSA) is 72.8 Å². The molecule has 1 N–H and O–H groups in total. The number of methoxy groups -OCH3 is 2. The molecule has 0 saturated heterocycles. The largest absolute Gasteiger partial charge is 0.493 e. The van der Waals surface area contributed by atoms with Crippen molar-refractivity contribution in [3.05, 3.63) is 94.4 Å². The summed E-state index contributed by atoms with van der Waals surface area (Å²) in [5.74, 6) is 1.53. The fourth-order valence-electron chi connectivity index (χ4n) is 3.92. The van der Waals surface area contributed by atoms with E-state index in [0.29, 0.717) is 13.0 Å². The summed E-state index contributed by atoms with van der Waals surface area (Å²) in [4.78, 5) is 25.7. The van der Waals surface area contributed by atoms with Crippen molar-refractivity contribution in [2.45, 2.75) is 25.7 Å². The third kappa shape index (κ3) is 9.28. The highest BCUT2D eigenvalue weighted by Gasteiger charge is 2.06. The lowest BCUT2D eigenvalue weighted by atomic mass is 10.1. The smallest absolute Gasteiger partial charge is 0.223 e. The van der Waals surface area contributed by atoms with Gasteiger partial charge in [-0.15, -0.1) is 0 Å². The molecule has 7 nitrogen and oxygen atoms in total. The van der Waals surface area contributed by atoms with Gasteiger partial charge in [0.25, 0.3) is 0 Å². The van der Waals surface area contributed by atoms with E-state index in [4.69, 9.17) is 9.47 Å². The van der Waals surface area contributed by atoms with Crippen LogP contribution in [0.25, 0.3) is 11.8 Å². The van der Waals surface area contributed by atoms with Gasteiger partial charge in [-0.1, -0.05) is 30.4 Å². The van der Waals surface area contributed by atoms with Crippen LogP contribution in [0.5, 0.6) is 11.5 Å². The number of benzene rings is 2. The Balaban J connectivity index is 1.28. The Morgan fingerprint density at radius 2 is 1.68 bits per heavy atom. The van der Waals surface area contributed by atoms with Crippen molar-refractivity contribution in [2.75, 3.05) is 40.9 Å². The van der Waals surface area contributed by atoms with Crippen molar-refractivity contribution in [1.29, 1.82) is 0 Å². The second-order valence-corrected chi connectivity index (χ2v) is 8.94. The SMILES string of the molecule is COc1ccc(CCN(C)CCCCNC(=O)C/C=C/c2ccc(-n3ccc(=O)cc3)cc2)cc1OC. The maximum absolute atomic E-state index is 12.1. The van der Waals surface area contributed by atoms with E-state index < -0.39 is 0 Å². The highest BCUT2D eigenvalue weighted by Crippen LogP contribution is 2.27. The van der Waals surface area contributed by atoms with Crippen molar-refractivity contribution in [1.82, 2.24) is 14.8 Å². The molecule has 0 bridgehead atoms. The number of hydrogen-bond acceptors (Lipinski definition) is 5. The quantitative estimate of drug-likeness (QED) is 0.332. The van der Waals surface area contributed by atoms with E-state index in [2.05, 4.69) is 23.3 Å². The molecule has 0 saturated carbocycles. The predicted octanol–water partition coefficient (Wildman–Crippen LogP) is 4.33. The molecular weight excluding hydrogens is 466 g/mol. The molecule has 3 aromatic rings. The molecule has 0 aliphatic carbocycles. The van der Waals surface area contributed by atoms with Crippen LogP contribution >= 0.6 is 0 Å². The number of carbonyl (C=O) groups excluding carboxylic acids is 1. The third-order valence-corrected chi connectivity index (χ3v) is 6.12. The van der Waals surface area contributed by atoms with Gasteiger partial charge in [-0.3, -0.25) is 9.59 Å². The molecule has 3 rings (SSSR count). The van der Waals surface area contributed by atoms with E-state index in [0.717, 1.165) is 55.1 Å². The minimum Gasteiger partial charge on any atom is -0.493 e.